The number of carbonyl (C=O) groups is 1. The topological polar surface area (TPSA) is 49.3 Å². The van der Waals surface area contributed by atoms with Gasteiger partial charge in [0.25, 0.3) is 5.91 Å². The van der Waals surface area contributed by atoms with E-state index in [-0.39, 0.29) is 12.5 Å². The van der Waals surface area contributed by atoms with Crippen molar-refractivity contribution in [3.05, 3.63) is 21.9 Å². The maximum atomic E-state index is 12.1. The molecule has 2 rings (SSSR count). The highest BCUT2D eigenvalue weighted by Gasteiger charge is 2.23. The lowest BCUT2D eigenvalue weighted by molar-refractivity contribution is 0.0945. The Kier molecular flexibility index (Phi) is 5.63. The molecule has 1 aliphatic carbocycles. The molecule has 0 bridgehead atoms. The summed E-state index contributed by atoms with van der Waals surface area (Å²) >= 11 is 1.47. The number of hydrogen-bond acceptors (Lipinski definition) is 3. The van der Waals surface area contributed by atoms with Gasteiger partial charge >= 0.3 is 0 Å². The van der Waals surface area contributed by atoms with Crippen molar-refractivity contribution < 1.29 is 9.90 Å². The molecule has 3 nitrogen and oxygen atoms in total. The van der Waals surface area contributed by atoms with Gasteiger partial charge in [0, 0.05) is 18.3 Å². The van der Waals surface area contributed by atoms with Crippen molar-refractivity contribution in [2.24, 2.45) is 11.8 Å². The van der Waals surface area contributed by atoms with Gasteiger partial charge in [0.2, 0.25) is 0 Å². The Bertz CT molecular complexity index is 512. The van der Waals surface area contributed by atoms with Crippen LogP contribution < -0.4 is 5.32 Å². The summed E-state index contributed by atoms with van der Waals surface area (Å²) in [4.78, 5) is 12.9. The van der Waals surface area contributed by atoms with Crippen molar-refractivity contribution in [2.75, 3.05) is 13.2 Å². The maximum Gasteiger partial charge on any atom is 0.252 e. The molecule has 0 aromatic carbocycles. The molecule has 4 heteroatoms. The van der Waals surface area contributed by atoms with Gasteiger partial charge in [0.15, 0.2) is 0 Å². The average Bonchev–Trinajstić information content (AvgIpc) is 3.06. The second-order valence-electron chi connectivity index (χ2n) is 5.35. The third-order valence-corrected chi connectivity index (χ3v) is 4.72. The number of amides is 1. The van der Waals surface area contributed by atoms with E-state index in [1.807, 2.05) is 11.4 Å². The molecule has 0 saturated heterocycles. The highest BCUT2D eigenvalue weighted by molar-refractivity contribution is 7.10. The number of hydrogen-bond donors (Lipinski definition) is 2. The summed E-state index contributed by atoms with van der Waals surface area (Å²) in [6, 6.07) is 1.82. The molecular formula is C16H21NO2S. The first kappa shape index (κ1) is 15.1. The molecule has 2 atom stereocenters. The van der Waals surface area contributed by atoms with Crippen LogP contribution in [-0.4, -0.2) is 24.2 Å². The number of nitrogens with one attached hydrogen (secondary N) is 1. The third kappa shape index (κ3) is 4.09. The minimum absolute atomic E-state index is 0.00411. The summed E-state index contributed by atoms with van der Waals surface area (Å²) < 4.78 is 0. The van der Waals surface area contributed by atoms with Crippen molar-refractivity contribution in [1.82, 2.24) is 5.32 Å². The van der Waals surface area contributed by atoms with Gasteiger partial charge in [-0.25, -0.2) is 0 Å². The van der Waals surface area contributed by atoms with Crippen LogP contribution in [0.15, 0.2) is 11.4 Å². The summed E-state index contributed by atoms with van der Waals surface area (Å²) in [5.74, 6) is 7.16. The molecule has 1 aromatic rings. The molecular weight excluding hydrogens is 270 g/mol. The van der Waals surface area contributed by atoms with Crippen LogP contribution in [0.2, 0.25) is 0 Å². The molecule has 1 aliphatic rings. The maximum absolute atomic E-state index is 12.1. The smallest absolute Gasteiger partial charge is 0.252 e. The van der Waals surface area contributed by atoms with Gasteiger partial charge < -0.3 is 10.4 Å². The van der Waals surface area contributed by atoms with Gasteiger partial charge in [0.05, 0.1) is 17.0 Å². The molecule has 0 aliphatic heterocycles. The quantitative estimate of drug-likeness (QED) is 0.838. The van der Waals surface area contributed by atoms with Crippen LogP contribution in [0, 0.1) is 23.7 Å². The van der Waals surface area contributed by atoms with Crippen molar-refractivity contribution >= 4 is 17.2 Å². The van der Waals surface area contributed by atoms with Crippen molar-refractivity contribution in [2.45, 2.75) is 32.6 Å². The third-order valence-electron chi connectivity index (χ3n) is 3.87. The Labute approximate surface area is 124 Å². The predicted octanol–water partition coefficient (Wildman–Crippen LogP) is 2.65. The zero-order chi connectivity index (χ0) is 14.4. The molecule has 20 heavy (non-hydrogen) atoms. The normalized spacial score (nSPS) is 21.3. The number of thiophene rings is 1. The SMILES string of the molecule is CC1CCCC1CNC(=O)c1csc(C#CCCO)c1. The lowest BCUT2D eigenvalue weighted by Gasteiger charge is -2.15. The molecule has 1 saturated carbocycles. The number of rotatable bonds is 4. The second kappa shape index (κ2) is 7.47. The molecule has 108 valence electrons. The number of aliphatic hydroxyl groups excluding tert-OH is 1. The van der Waals surface area contributed by atoms with E-state index in [1.54, 1.807) is 0 Å². The minimum atomic E-state index is -0.00411. The lowest BCUT2D eigenvalue weighted by atomic mass is 9.98. The Hall–Kier alpha value is -1.31. The molecule has 0 radical (unpaired) electrons. The van der Waals surface area contributed by atoms with Crippen LogP contribution in [0.3, 0.4) is 0 Å². The fourth-order valence-electron chi connectivity index (χ4n) is 2.58. The van der Waals surface area contributed by atoms with E-state index in [9.17, 15) is 4.79 Å². The van der Waals surface area contributed by atoms with E-state index >= 15 is 0 Å². The Morgan fingerprint density at radius 1 is 1.55 bits per heavy atom. The van der Waals surface area contributed by atoms with Crippen LogP contribution >= 0.6 is 11.3 Å². The fourth-order valence-corrected chi connectivity index (χ4v) is 3.33. The van der Waals surface area contributed by atoms with Crippen molar-refractivity contribution in [3.8, 4) is 11.8 Å². The highest BCUT2D eigenvalue weighted by atomic mass is 32.1. The first-order chi connectivity index (χ1) is 9.70. The first-order valence-electron chi connectivity index (χ1n) is 7.17. The van der Waals surface area contributed by atoms with Crippen molar-refractivity contribution in [3.63, 3.8) is 0 Å². The summed E-state index contributed by atoms with van der Waals surface area (Å²) in [6.07, 6.45) is 4.26. The number of aliphatic hydroxyl groups is 1. The molecule has 1 heterocycles. The van der Waals surface area contributed by atoms with Gasteiger partial charge in [-0.3, -0.25) is 4.79 Å². The zero-order valence-corrected chi connectivity index (χ0v) is 12.6. The van der Waals surface area contributed by atoms with Gasteiger partial charge in [-0.2, -0.15) is 0 Å². The zero-order valence-electron chi connectivity index (χ0n) is 11.8. The fraction of sp³-hybridized carbons (Fsp3) is 0.562. The van der Waals surface area contributed by atoms with E-state index in [4.69, 9.17) is 5.11 Å². The Morgan fingerprint density at radius 2 is 2.40 bits per heavy atom. The van der Waals surface area contributed by atoms with Gasteiger partial charge in [-0.1, -0.05) is 31.6 Å². The molecule has 0 spiro atoms. The Balaban J connectivity index is 1.85. The lowest BCUT2D eigenvalue weighted by Crippen LogP contribution is -2.29. The van der Waals surface area contributed by atoms with Gasteiger partial charge in [-0.05, 0) is 24.3 Å². The standard InChI is InChI=1S/C16H21NO2S/c1-12-5-4-6-13(12)10-17-16(19)14-9-15(20-11-14)7-2-3-8-18/h9,11-13,18H,3-6,8,10H2,1H3,(H,17,19). The van der Waals surface area contributed by atoms with E-state index in [0.717, 1.165) is 17.3 Å². The van der Waals surface area contributed by atoms with E-state index in [2.05, 4.69) is 24.1 Å². The summed E-state index contributed by atoms with van der Waals surface area (Å²) in [5.41, 5.74) is 0.689. The predicted molar refractivity (Wildman–Crippen MR) is 81.7 cm³/mol. The molecule has 2 N–H and O–H groups in total. The summed E-state index contributed by atoms with van der Waals surface area (Å²) in [6.45, 7) is 3.12. The average molecular weight is 291 g/mol. The monoisotopic (exact) mass is 291 g/mol. The molecule has 1 fully saturated rings. The van der Waals surface area contributed by atoms with E-state index in [1.165, 1.54) is 30.6 Å². The molecule has 1 aromatic heterocycles. The van der Waals surface area contributed by atoms with E-state index < -0.39 is 0 Å². The van der Waals surface area contributed by atoms with Crippen molar-refractivity contribution in [1.29, 1.82) is 0 Å². The van der Waals surface area contributed by atoms with Gasteiger partial charge in [0.1, 0.15) is 0 Å². The second-order valence-corrected chi connectivity index (χ2v) is 6.26. The minimum Gasteiger partial charge on any atom is -0.395 e. The summed E-state index contributed by atoms with van der Waals surface area (Å²) in [5, 5.41) is 13.5. The first-order valence-corrected chi connectivity index (χ1v) is 8.05. The molecule has 1 amide bonds. The highest BCUT2D eigenvalue weighted by Crippen LogP contribution is 2.30. The van der Waals surface area contributed by atoms with Crippen LogP contribution in [0.5, 0.6) is 0 Å². The number of carbonyl (C=O) groups excluding carboxylic acids is 1. The largest absolute Gasteiger partial charge is 0.395 e. The Morgan fingerprint density at radius 3 is 3.10 bits per heavy atom. The van der Waals surface area contributed by atoms with Crippen LogP contribution in [0.1, 0.15) is 47.8 Å². The van der Waals surface area contributed by atoms with E-state index in [0.29, 0.717) is 17.9 Å². The summed E-state index contributed by atoms with van der Waals surface area (Å²) in [7, 11) is 0. The van der Waals surface area contributed by atoms with Crippen LogP contribution in [0.25, 0.3) is 0 Å². The van der Waals surface area contributed by atoms with Gasteiger partial charge in [-0.15, -0.1) is 11.3 Å². The van der Waals surface area contributed by atoms with Crippen LogP contribution in [-0.2, 0) is 0 Å². The van der Waals surface area contributed by atoms with Crippen LogP contribution in [0.4, 0.5) is 0 Å². The molecule has 2 unspecified atom stereocenters.